The molecule has 0 bridgehead atoms. The molecular formula is C12H24N2O5. The van der Waals surface area contributed by atoms with Gasteiger partial charge in [0.25, 0.3) is 0 Å². The second kappa shape index (κ2) is 9.71. The van der Waals surface area contributed by atoms with E-state index < -0.39 is 18.0 Å². The van der Waals surface area contributed by atoms with E-state index in [2.05, 4.69) is 5.32 Å². The quantitative estimate of drug-likeness (QED) is 0.450. The molecule has 2 atom stereocenters. The van der Waals surface area contributed by atoms with Crippen molar-refractivity contribution in [1.29, 1.82) is 0 Å². The number of nitrogens with zero attached hydrogens (tertiary/aromatic N) is 1. The largest absolute Gasteiger partial charge is 0.481 e. The maximum Gasteiger partial charge on any atom is 0.307 e. The summed E-state index contributed by atoms with van der Waals surface area (Å²) in [7, 11) is 1.54. The standard InChI is InChI=1S/C12H24N2O5/c1-9(12(17)18)6-14(7-10(2)15)8-11(16)13-4-5-19-3/h9-10,15H,4-8H2,1-3H3,(H,13,16)(H,17,18). The molecule has 0 fully saturated rings. The van der Waals surface area contributed by atoms with E-state index in [-0.39, 0.29) is 25.5 Å². The molecule has 0 aliphatic heterocycles. The fourth-order valence-electron chi connectivity index (χ4n) is 1.59. The highest BCUT2D eigenvalue weighted by Crippen LogP contribution is 2.01. The molecule has 0 aromatic heterocycles. The van der Waals surface area contributed by atoms with E-state index in [1.54, 1.807) is 25.9 Å². The Kier molecular flexibility index (Phi) is 9.11. The Morgan fingerprint density at radius 2 is 1.95 bits per heavy atom. The summed E-state index contributed by atoms with van der Waals surface area (Å²) in [5, 5.41) is 20.9. The Bertz CT molecular complexity index is 283. The molecule has 7 heteroatoms. The number of aliphatic hydroxyl groups excluding tert-OH is 1. The predicted octanol–water partition coefficient (Wildman–Crippen LogP) is -0.847. The van der Waals surface area contributed by atoms with Crippen molar-refractivity contribution in [3.8, 4) is 0 Å². The predicted molar refractivity (Wildman–Crippen MR) is 69.8 cm³/mol. The van der Waals surface area contributed by atoms with E-state index in [1.807, 2.05) is 0 Å². The number of rotatable bonds is 10. The molecule has 0 aliphatic carbocycles. The number of ether oxygens (including phenoxy) is 1. The van der Waals surface area contributed by atoms with Crippen molar-refractivity contribution in [1.82, 2.24) is 10.2 Å². The number of carboxylic acids is 1. The highest BCUT2D eigenvalue weighted by Gasteiger charge is 2.19. The molecule has 0 aliphatic rings. The molecule has 7 nitrogen and oxygen atoms in total. The molecule has 1 amide bonds. The van der Waals surface area contributed by atoms with Gasteiger partial charge in [0, 0.05) is 26.7 Å². The van der Waals surface area contributed by atoms with Crippen molar-refractivity contribution in [3.63, 3.8) is 0 Å². The summed E-state index contributed by atoms with van der Waals surface area (Å²) < 4.78 is 4.81. The van der Waals surface area contributed by atoms with Crippen molar-refractivity contribution >= 4 is 11.9 Å². The first-order valence-corrected chi connectivity index (χ1v) is 6.25. The highest BCUT2D eigenvalue weighted by atomic mass is 16.5. The Labute approximate surface area is 113 Å². The van der Waals surface area contributed by atoms with Crippen molar-refractivity contribution in [3.05, 3.63) is 0 Å². The zero-order chi connectivity index (χ0) is 14.8. The minimum absolute atomic E-state index is 0.0617. The first kappa shape index (κ1) is 17.8. The molecule has 19 heavy (non-hydrogen) atoms. The van der Waals surface area contributed by atoms with Crippen LogP contribution in [0.15, 0.2) is 0 Å². The van der Waals surface area contributed by atoms with Crippen LogP contribution in [0.4, 0.5) is 0 Å². The topological polar surface area (TPSA) is 99.1 Å². The van der Waals surface area contributed by atoms with Crippen molar-refractivity contribution in [2.75, 3.05) is 39.9 Å². The fourth-order valence-corrected chi connectivity index (χ4v) is 1.59. The summed E-state index contributed by atoms with van der Waals surface area (Å²) in [5.41, 5.74) is 0. The first-order valence-electron chi connectivity index (χ1n) is 6.25. The molecular weight excluding hydrogens is 252 g/mol. The molecule has 0 aromatic carbocycles. The maximum absolute atomic E-state index is 11.6. The van der Waals surface area contributed by atoms with Crippen molar-refractivity contribution in [2.45, 2.75) is 20.0 Å². The van der Waals surface area contributed by atoms with Crippen molar-refractivity contribution < 1.29 is 24.5 Å². The Morgan fingerprint density at radius 3 is 2.42 bits per heavy atom. The van der Waals surface area contributed by atoms with Crippen LogP contribution in [0.1, 0.15) is 13.8 Å². The Balaban J connectivity index is 4.25. The molecule has 0 aromatic rings. The summed E-state index contributed by atoms with van der Waals surface area (Å²) in [6.07, 6.45) is -0.618. The summed E-state index contributed by atoms with van der Waals surface area (Å²) in [4.78, 5) is 24.1. The Hall–Kier alpha value is -1.18. The number of nitrogens with one attached hydrogen (secondary N) is 1. The maximum atomic E-state index is 11.6. The summed E-state index contributed by atoms with van der Waals surface area (Å²) in [6.45, 7) is 4.54. The molecule has 2 unspecified atom stereocenters. The van der Waals surface area contributed by atoms with Gasteiger partial charge in [-0.1, -0.05) is 6.92 Å². The average molecular weight is 276 g/mol. The fraction of sp³-hybridized carbons (Fsp3) is 0.833. The number of hydrogen-bond donors (Lipinski definition) is 3. The minimum atomic E-state index is -0.921. The average Bonchev–Trinajstić information content (AvgIpc) is 2.27. The van der Waals surface area contributed by atoms with Crippen LogP contribution < -0.4 is 5.32 Å². The number of carboxylic acid groups (broad SMARTS) is 1. The summed E-state index contributed by atoms with van der Waals surface area (Å²) >= 11 is 0. The van der Waals surface area contributed by atoms with Crippen molar-refractivity contribution in [2.24, 2.45) is 5.92 Å². The van der Waals surface area contributed by atoms with Gasteiger partial charge in [0.05, 0.1) is 25.2 Å². The van der Waals surface area contributed by atoms with Crippen LogP contribution in [0.2, 0.25) is 0 Å². The molecule has 3 N–H and O–H groups in total. The van der Waals surface area contributed by atoms with Crippen LogP contribution in [0.5, 0.6) is 0 Å². The van der Waals surface area contributed by atoms with E-state index >= 15 is 0 Å². The van der Waals surface area contributed by atoms with Gasteiger partial charge in [0.15, 0.2) is 0 Å². The zero-order valence-corrected chi connectivity index (χ0v) is 11.8. The summed E-state index contributed by atoms with van der Waals surface area (Å²) in [5.74, 6) is -1.73. The molecule has 0 radical (unpaired) electrons. The number of carbonyl (C=O) groups is 2. The molecule has 0 rings (SSSR count). The van der Waals surface area contributed by atoms with Gasteiger partial charge in [-0.3, -0.25) is 14.5 Å². The van der Waals surface area contributed by atoms with Gasteiger partial charge < -0.3 is 20.3 Å². The first-order chi connectivity index (χ1) is 8.86. The van der Waals surface area contributed by atoms with Crippen LogP contribution in [-0.4, -0.2) is 73.0 Å². The van der Waals surface area contributed by atoms with Gasteiger partial charge in [-0.25, -0.2) is 0 Å². The number of aliphatic carboxylic acids is 1. The van der Waals surface area contributed by atoms with E-state index in [0.717, 1.165) is 0 Å². The van der Waals surface area contributed by atoms with E-state index in [0.29, 0.717) is 13.2 Å². The van der Waals surface area contributed by atoms with Crippen LogP contribution in [0.25, 0.3) is 0 Å². The SMILES string of the molecule is COCCNC(=O)CN(CC(C)O)CC(C)C(=O)O. The molecule has 112 valence electrons. The minimum Gasteiger partial charge on any atom is -0.481 e. The number of carbonyl (C=O) groups excluding carboxylic acids is 1. The number of aliphatic hydroxyl groups is 1. The molecule has 0 spiro atoms. The molecule has 0 saturated carbocycles. The lowest BCUT2D eigenvalue weighted by Gasteiger charge is -2.24. The van der Waals surface area contributed by atoms with Gasteiger partial charge in [-0.15, -0.1) is 0 Å². The van der Waals surface area contributed by atoms with Crippen LogP contribution >= 0.6 is 0 Å². The van der Waals surface area contributed by atoms with Crippen LogP contribution in [0, 0.1) is 5.92 Å². The second-order valence-corrected chi connectivity index (χ2v) is 4.63. The lowest BCUT2D eigenvalue weighted by molar-refractivity contribution is -0.142. The van der Waals surface area contributed by atoms with Gasteiger partial charge in [-0.2, -0.15) is 0 Å². The molecule has 0 saturated heterocycles. The van der Waals surface area contributed by atoms with Gasteiger partial charge >= 0.3 is 5.97 Å². The number of methoxy groups -OCH3 is 1. The van der Waals surface area contributed by atoms with Gasteiger partial charge in [0.2, 0.25) is 5.91 Å². The second-order valence-electron chi connectivity index (χ2n) is 4.63. The van der Waals surface area contributed by atoms with E-state index in [4.69, 9.17) is 9.84 Å². The zero-order valence-electron chi connectivity index (χ0n) is 11.8. The third kappa shape index (κ3) is 9.40. The van der Waals surface area contributed by atoms with Crippen LogP contribution in [0.3, 0.4) is 0 Å². The monoisotopic (exact) mass is 276 g/mol. The van der Waals surface area contributed by atoms with Gasteiger partial charge in [0.1, 0.15) is 0 Å². The lowest BCUT2D eigenvalue weighted by Crippen LogP contribution is -2.43. The third-order valence-corrected chi connectivity index (χ3v) is 2.47. The number of hydrogen-bond acceptors (Lipinski definition) is 5. The smallest absolute Gasteiger partial charge is 0.307 e. The number of amides is 1. The molecule has 0 heterocycles. The van der Waals surface area contributed by atoms with E-state index in [9.17, 15) is 14.7 Å². The third-order valence-electron chi connectivity index (χ3n) is 2.47. The normalized spacial score (nSPS) is 14.2. The van der Waals surface area contributed by atoms with E-state index in [1.165, 1.54) is 0 Å². The highest BCUT2D eigenvalue weighted by molar-refractivity contribution is 5.78. The Morgan fingerprint density at radius 1 is 1.32 bits per heavy atom. The van der Waals surface area contributed by atoms with Gasteiger partial charge in [-0.05, 0) is 6.92 Å². The summed E-state index contributed by atoms with van der Waals surface area (Å²) in [6, 6.07) is 0. The van der Waals surface area contributed by atoms with Crippen LogP contribution in [-0.2, 0) is 14.3 Å². The lowest BCUT2D eigenvalue weighted by atomic mass is 10.1.